The third-order valence-electron chi connectivity index (χ3n) is 7.41. The van der Waals surface area contributed by atoms with E-state index in [0.29, 0.717) is 24.0 Å². The van der Waals surface area contributed by atoms with Gasteiger partial charge in [-0.1, -0.05) is 5.16 Å². The third kappa shape index (κ3) is 4.51. The van der Waals surface area contributed by atoms with Gasteiger partial charge in [0.05, 0.1) is 11.5 Å². The van der Waals surface area contributed by atoms with E-state index in [0.717, 1.165) is 56.9 Å². The smallest absolute Gasteiger partial charge is 0.273 e. The quantitative estimate of drug-likeness (QED) is 0.632. The molecule has 4 aliphatic rings. The zero-order valence-electron chi connectivity index (χ0n) is 18.7. The number of carbonyl (C=O) groups is 2. The molecular weight excluding hydrogens is 420 g/mol. The summed E-state index contributed by atoms with van der Waals surface area (Å²) in [5, 5.41) is 10.3. The lowest BCUT2D eigenvalue weighted by atomic mass is 9.90. The molecule has 3 heterocycles. The van der Waals surface area contributed by atoms with Crippen molar-refractivity contribution in [1.82, 2.24) is 30.7 Å². The van der Waals surface area contributed by atoms with Crippen LogP contribution in [-0.2, 0) is 10.3 Å². The number of rotatable bonds is 8. The Morgan fingerprint density at radius 3 is 2.61 bits per heavy atom. The number of amides is 2. The summed E-state index contributed by atoms with van der Waals surface area (Å²) in [5.74, 6) is 1.96. The molecule has 2 amide bonds. The van der Waals surface area contributed by atoms with E-state index in [9.17, 15) is 9.59 Å². The topological polar surface area (TPSA) is 113 Å². The number of aromatic nitrogens is 3. The number of nitrogens with zero attached hydrogens (tertiary/aromatic N) is 4. The molecule has 0 spiro atoms. The van der Waals surface area contributed by atoms with Gasteiger partial charge >= 0.3 is 0 Å². The van der Waals surface area contributed by atoms with Gasteiger partial charge in [-0.15, -0.1) is 0 Å². The molecule has 9 heteroatoms. The minimum atomic E-state index is -0.475. The van der Waals surface area contributed by atoms with Crippen LogP contribution in [-0.4, -0.2) is 57.5 Å². The molecule has 4 fully saturated rings. The summed E-state index contributed by atoms with van der Waals surface area (Å²) >= 11 is 0. The first-order valence-electron chi connectivity index (χ1n) is 12.2. The molecule has 2 atom stereocenters. The van der Waals surface area contributed by atoms with Gasteiger partial charge in [0.25, 0.3) is 5.91 Å². The van der Waals surface area contributed by atoms with Crippen LogP contribution in [0, 0.1) is 11.8 Å². The van der Waals surface area contributed by atoms with Crippen molar-refractivity contribution < 1.29 is 14.1 Å². The van der Waals surface area contributed by atoms with Crippen molar-refractivity contribution in [3.63, 3.8) is 0 Å². The van der Waals surface area contributed by atoms with Crippen LogP contribution in [0.1, 0.15) is 72.9 Å². The van der Waals surface area contributed by atoms with Gasteiger partial charge in [0.1, 0.15) is 5.76 Å². The van der Waals surface area contributed by atoms with E-state index in [1.807, 2.05) is 0 Å². The predicted octanol–water partition coefficient (Wildman–Crippen LogP) is 1.98. The van der Waals surface area contributed by atoms with Crippen LogP contribution in [0.15, 0.2) is 29.0 Å². The molecule has 0 radical (unpaired) electrons. The zero-order chi connectivity index (χ0) is 22.4. The Labute approximate surface area is 192 Å². The molecule has 1 aliphatic heterocycles. The van der Waals surface area contributed by atoms with Crippen LogP contribution in [0.2, 0.25) is 0 Å². The number of carbonyl (C=O) groups excluding carboxylic acids is 2. The second-order valence-electron chi connectivity index (χ2n) is 10.2. The van der Waals surface area contributed by atoms with Gasteiger partial charge in [0.2, 0.25) is 5.91 Å². The number of likely N-dealkylation sites (tertiary alicyclic amines) is 1. The summed E-state index contributed by atoms with van der Waals surface area (Å²) < 4.78 is 5.35. The molecule has 3 saturated carbocycles. The molecule has 6 rings (SSSR count). The molecule has 33 heavy (non-hydrogen) atoms. The monoisotopic (exact) mass is 450 g/mol. The minimum absolute atomic E-state index is 0.0374. The highest BCUT2D eigenvalue weighted by atomic mass is 16.5. The Morgan fingerprint density at radius 1 is 1.12 bits per heavy atom. The molecule has 174 valence electrons. The second-order valence-corrected chi connectivity index (χ2v) is 10.2. The van der Waals surface area contributed by atoms with Crippen molar-refractivity contribution in [2.45, 2.75) is 62.4 Å². The van der Waals surface area contributed by atoms with Crippen molar-refractivity contribution in [2.24, 2.45) is 11.8 Å². The fourth-order valence-corrected chi connectivity index (χ4v) is 4.89. The first kappa shape index (κ1) is 20.8. The second kappa shape index (κ2) is 8.20. The standard InChI is InChI=1S/C24H30N6O3/c31-21(28-24(7-8-24)23-25-9-1-10-26-23)17-14-30(13-15-2-3-15)11-6-18(17)27-22(32)19-12-20(33-29-19)16-4-5-16/h1,9-10,12,15-18H,2-8,11,13-14H2,(H,27,32)(H,28,31)/t17-,18-/m0/s1. The van der Waals surface area contributed by atoms with Gasteiger partial charge in [0, 0.05) is 50.1 Å². The molecule has 2 aromatic rings. The van der Waals surface area contributed by atoms with Gasteiger partial charge in [0.15, 0.2) is 11.5 Å². The van der Waals surface area contributed by atoms with Gasteiger partial charge in [-0.2, -0.15) is 0 Å². The molecular formula is C24H30N6O3. The van der Waals surface area contributed by atoms with E-state index >= 15 is 0 Å². The zero-order valence-corrected chi connectivity index (χ0v) is 18.7. The molecule has 2 N–H and O–H groups in total. The molecule has 0 unspecified atom stereocenters. The summed E-state index contributed by atoms with van der Waals surface area (Å²) in [4.78, 5) is 37.6. The summed E-state index contributed by atoms with van der Waals surface area (Å²) in [6.45, 7) is 2.56. The maximum absolute atomic E-state index is 13.5. The average molecular weight is 451 g/mol. The van der Waals surface area contributed by atoms with E-state index in [4.69, 9.17) is 4.52 Å². The molecule has 0 aromatic carbocycles. The first-order valence-corrected chi connectivity index (χ1v) is 12.2. The lowest BCUT2D eigenvalue weighted by molar-refractivity contribution is -0.128. The largest absolute Gasteiger partial charge is 0.360 e. The van der Waals surface area contributed by atoms with E-state index in [-0.39, 0.29) is 23.8 Å². The summed E-state index contributed by atoms with van der Waals surface area (Å²) in [6.07, 6.45) is 10.6. The highest BCUT2D eigenvalue weighted by molar-refractivity contribution is 5.93. The van der Waals surface area contributed by atoms with Gasteiger partial charge in [-0.3, -0.25) is 9.59 Å². The number of hydrogen-bond acceptors (Lipinski definition) is 7. The fourth-order valence-electron chi connectivity index (χ4n) is 4.89. The predicted molar refractivity (Wildman–Crippen MR) is 118 cm³/mol. The average Bonchev–Trinajstić information content (AvgIpc) is 3.72. The Morgan fingerprint density at radius 2 is 1.91 bits per heavy atom. The molecule has 1 saturated heterocycles. The Balaban J connectivity index is 1.16. The summed E-state index contributed by atoms with van der Waals surface area (Å²) in [6, 6.07) is 3.28. The Kier molecular flexibility index (Phi) is 5.16. The van der Waals surface area contributed by atoms with Crippen molar-refractivity contribution in [3.05, 3.63) is 41.8 Å². The van der Waals surface area contributed by atoms with Crippen molar-refractivity contribution in [2.75, 3.05) is 19.6 Å². The third-order valence-corrected chi connectivity index (χ3v) is 7.41. The van der Waals surface area contributed by atoms with Crippen LogP contribution in [0.25, 0.3) is 0 Å². The number of hydrogen-bond donors (Lipinski definition) is 2. The normalized spacial score (nSPS) is 26.5. The highest BCUT2D eigenvalue weighted by Crippen LogP contribution is 2.44. The number of piperidine rings is 1. The van der Waals surface area contributed by atoms with Crippen LogP contribution in [0.3, 0.4) is 0 Å². The van der Waals surface area contributed by atoms with Gasteiger partial charge < -0.3 is 20.1 Å². The number of nitrogens with one attached hydrogen (secondary N) is 2. The van der Waals surface area contributed by atoms with Gasteiger partial charge in [-0.25, -0.2) is 9.97 Å². The molecule has 2 aromatic heterocycles. The first-order chi connectivity index (χ1) is 16.1. The summed E-state index contributed by atoms with van der Waals surface area (Å²) in [5.41, 5.74) is -0.176. The Hall–Kier alpha value is -2.81. The SMILES string of the molecule is O=C(N[C@H]1CCN(CC2CC2)C[C@@H]1C(=O)NC1(c2ncccn2)CC1)c1cc(C2CC2)on1. The minimum Gasteiger partial charge on any atom is -0.360 e. The van der Waals surface area contributed by atoms with Crippen molar-refractivity contribution in [1.29, 1.82) is 0 Å². The van der Waals surface area contributed by atoms with Crippen LogP contribution < -0.4 is 10.6 Å². The van der Waals surface area contributed by atoms with E-state index in [1.165, 1.54) is 12.8 Å². The molecule has 9 nitrogen and oxygen atoms in total. The van der Waals surface area contributed by atoms with Crippen LogP contribution in [0.4, 0.5) is 0 Å². The lowest BCUT2D eigenvalue weighted by Crippen LogP contribution is -2.57. The lowest BCUT2D eigenvalue weighted by Gasteiger charge is -2.38. The maximum atomic E-state index is 13.5. The molecule has 0 bridgehead atoms. The fraction of sp³-hybridized carbons (Fsp3) is 0.625. The van der Waals surface area contributed by atoms with E-state index in [1.54, 1.807) is 24.5 Å². The van der Waals surface area contributed by atoms with Crippen molar-refractivity contribution >= 4 is 11.8 Å². The highest BCUT2D eigenvalue weighted by Gasteiger charge is 2.50. The van der Waals surface area contributed by atoms with Gasteiger partial charge in [-0.05, 0) is 56.9 Å². The van der Waals surface area contributed by atoms with E-state index in [2.05, 4.69) is 30.7 Å². The van der Waals surface area contributed by atoms with Crippen molar-refractivity contribution in [3.8, 4) is 0 Å². The maximum Gasteiger partial charge on any atom is 0.273 e. The van der Waals surface area contributed by atoms with Crippen LogP contribution >= 0.6 is 0 Å². The van der Waals surface area contributed by atoms with E-state index < -0.39 is 5.54 Å². The van der Waals surface area contributed by atoms with Crippen LogP contribution in [0.5, 0.6) is 0 Å². The molecule has 3 aliphatic carbocycles. The Bertz CT molecular complexity index is 1030. The summed E-state index contributed by atoms with van der Waals surface area (Å²) in [7, 11) is 0.